The molecule has 12 heteroatoms. The second-order valence-corrected chi connectivity index (χ2v) is 14.1. The number of Topliss-reactive ketones (excluding diaryl/α,β-unsaturated/α-hetero) is 1. The number of carbonyl (C=O) groups is 5. The zero-order valence-electron chi connectivity index (χ0n) is 32.2. The van der Waals surface area contributed by atoms with Gasteiger partial charge >= 0.3 is 17.9 Å². The Kier molecular flexibility index (Phi) is 22.7. The Bertz CT molecular complexity index is 1370. The van der Waals surface area contributed by atoms with E-state index in [1.165, 1.54) is 18.9 Å². The molecule has 4 N–H and O–H groups in total. The van der Waals surface area contributed by atoms with Gasteiger partial charge in [0.1, 0.15) is 29.8 Å². The molecular formula is C41H61NO11. The molecule has 296 valence electrons. The number of aliphatic carboxylic acids is 1. The first-order valence-electron chi connectivity index (χ1n) is 18.7. The molecule has 0 saturated carbocycles. The average Bonchev–Trinajstić information content (AvgIpc) is 3.09. The fourth-order valence-corrected chi connectivity index (χ4v) is 5.46. The number of amides is 1. The van der Waals surface area contributed by atoms with Crippen LogP contribution in [0.2, 0.25) is 0 Å². The number of carboxylic acids is 1. The Morgan fingerprint density at radius 2 is 1.55 bits per heavy atom. The van der Waals surface area contributed by atoms with Crippen LogP contribution in [0.3, 0.4) is 0 Å². The molecule has 0 aliphatic carbocycles. The van der Waals surface area contributed by atoms with E-state index in [2.05, 4.69) is 24.1 Å². The normalized spacial score (nSPS) is 13.6. The number of ether oxygens (including phenoxy) is 3. The molecule has 1 aromatic carbocycles. The summed E-state index contributed by atoms with van der Waals surface area (Å²) in [5.74, 6) is 0.112. The summed E-state index contributed by atoms with van der Waals surface area (Å²) in [6.07, 6.45) is 12.4. The number of unbranched alkanes of at least 4 members (excludes halogenated alkanes) is 8. The third-order valence-electron chi connectivity index (χ3n) is 8.33. The minimum atomic E-state index is -2.70. The maximum Gasteiger partial charge on any atom is 0.344 e. The largest absolute Gasteiger partial charge is 0.481 e. The van der Waals surface area contributed by atoms with Crippen LogP contribution >= 0.6 is 0 Å². The predicted octanol–water partition coefficient (Wildman–Crippen LogP) is 5.64. The van der Waals surface area contributed by atoms with E-state index in [9.17, 15) is 39.3 Å². The van der Waals surface area contributed by atoms with Crippen LogP contribution in [0.5, 0.6) is 5.75 Å². The molecule has 0 fully saturated rings. The molecule has 0 aliphatic heterocycles. The van der Waals surface area contributed by atoms with Crippen molar-refractivity contribution in [2.75, 3.05) is 19.8 Å². The van der Waals surface area contributed by atoms with Crippen molar-refractivity contribution < 1.29 is 53.5 Å². The van der Waals surface area contributed by atoms with E-state index in [0.29, 0.717) is 37.0 Å². The van der Waals surface area contributed by atoms with Gasteiger partial charge in [0.25, 0.3) is 0 Å². The summed E-state index contributed by atoms with van der Waals surface area (Å²) in [6, 6.07) is 5.24. The van der Waals surface area contributed by atoms with Gasteiger partial charge in [-0.05, 0) is 71.1 Å². The first-order valence-corrected chi connectivity index (χ1v) is 18.7. The summed E-state index contributed by atoms with van der Waals surface area (Å²) in [5.41, 5.74) is -2.95. The lowest BCUT2D eigenvalue weighted by Crippen LogP contribution is -2.55. The number of benzene rings is 1. The van der Waals surface area contributed by atoms with Crippen molar-refractivity contribution in [2.24, 2.45) is 5.92 Å². The Morgan fingerprint density at radius 1 is 0.925 bits per heavy atom. The van der Waals surface area contributed by atoms with Gasteiger partial charge in [0, 0.05) is 32.3 Å². The van der Waals surface area contributed by atoms with E-state index in [1.807, 2.05) is 0 Å². The highest BCUT2D eigenvalue weighted by Crippen LogP contribution is 2.26. The number of allylic oxidation sites excluding steroid dienone is 1. The summed E-state index contributed by atoms with van der Waals surface area (Å²) in [7, 11) is 0. The van der Waals surface area contributed by atoms with Gasteiger partial charge in [0.2, 0.25) is 5.91 Å². The van der Waals surface area contributed by atoms with Crippen molar-refractivity contribution in [2.45, 2.75) is 142 Å². The Balaban J connectivity index is 3.06. The minimum Gasteiger partial charge on any atom is -0.481 e. The van der Waals surface area contributed by atoms with E-state index in [-0.39, 0.29) is 18.8 Å². The molecule has 3 atom stereocenters. The van der Waals surface area contributed by atoms with Gasteiger partial charge in [-0.3, -0.25) is 9.59 Å². The first kappa shape index (κ1) is 46.8. The fourth-order valence-electron chi connectivity index (χ4n) is 5.46. The van der Waals surface area contributed by atoms with Gasteiger partial charge in [0.05, 0.1) is 5.92 Å². The van der Waals surface area contributed by atoms with Gasteiger partial charge in [-0.25, -0.2) is 14.4 Å². The van der Waals surface area contributed by atoms with Crippen LogP contribution in [0.15, 0.2) is 36.4 Å². The second-order valence-electron chi connectivity index (χ2n) is 14.1. The van der Waals surface area contributed by atoms with Crippen LogP contribution < -0.4 is 10.1 Å². The molecule has 12 nitrogen and oxygen atoms in total. The fraction of sp³-hybridized carbons (Fsp3) is 0.634. The highest BCUT2D eigenvalue weighted by molar-refractivity contribution is 5.93. The number of nitrogens with one attached hydrogen (secondary N) is 1. The predicted molar refractivity (Wildman–Crippen MR) is 201 cm³/mol. The van der Waals surface area contributed by atoms with Crippen LogP contribution in [0, 0.1) is 17.8 Å². The van der Waals surface area contributed by atoms with Crippen LogP contribution in [0.4, 0.5) is 0 Å². The number of hydrogen-bond acceptors (Lipinski definition) is 10. The first-order chi connectivity index (χ1) is 25.2. The summed E-state index contributed by atoms with van der Waals surface area (Å²) in [5, 5.41) is 33.3. The molecule has 0 aliphatic rings. The van der Waals surface area contributed by atoms with Crippen molar-refractivity contribution >= 4 is 29.6 Å². The lowest BCUT2D eigenvalue weighted by atomic mass is 9.83. The van der Waals surface area contributed by atoms with Gasteiger partial charge in [-0.2, -0.15) is 0 Å². The van der Waals surface area contributed by atoms with E-state index in [1.54, 1.807) is 58.0 Å². The van der Waals surface area contributed by atoms with Crippen LogP contribution in [-0.2, 0) is 39.9 Å². The summed E-state index contributed by atoms with van der Waals surface area (Å²) >= 11 is 0. The number of carboxylic acid groups (broad SMARTS) is 1. The van der Waals surface area contributed by atoms with Crippen molar-refractivity contribution in [1.29, 1.82) is 0 Å². The Morgan fingerprint density at radius 3 is 2.11 bits per heavy atom. The molecule has 0 heterocycles. The smallest absolute Gasteiger partial charge is 0.344 e. The molecule has 0 bridgehead atoms. The quantitative estimate of drug-likeness (QED) is 0.0378. The monoisotopic (exact) mass is 743 g/mol. The van der Waals surface area contributed by atoms with E-state index < -0.39 is 66.6 Å². The molecule has 1 aromatic rings. The van der Waals surface area contributed by atoms with Gasteiger partial charge in [-0.1, -0.05) is 75.7 Å². The zero-order valence-corrected chi connectivity index (χ0v) is 32.2. The van der Waals surface area contributed by atoms with Crippen molar-refractivity contribution in [3.63, 3.8) is 0 Å². The standard InChI is InChI=1S/C41H61NO11/c1-6-8-10-13-16-19-32(44)20-17-14-11-12-15-18-21-34(41(50,26-27-43)39(48)49)37(46)42-35(38(47)52-30-36(45)53-40(3,4)5)29-31-22-24-33(25-23-31)51-28-9-7-2/h18,21-25,34-35,43,50H,6,8,10-17,19-20,26-30H2,1-5H3,(H,42,46)(H,48,49)/b21-18+/t34-,35+,41+/m1/s1. The van der Waals surface area contributed by atoms with Crippen LogP contribution in [-0.4, -0.2) is 82.0 Å². The van der Waals surface area contributed by atoms with Crippen molar-refractivity contribution in [3.8, 4) is 17.6 Å². The van der Waals surface area contributed by atoms with E-state index in [0.717, 1.165) is 38.5 Å². The van der Waals surface area contributed by atoms with Crippen LogP contribution in [0.1, 0.15) is 124 Å². The Hall–Kier alpha value is -4.21. The maximum absolute atomic E-state index is 13.8. The van der Waals surface area contributed by atoms with Gasteiger partial charge < -0.3 is 34.8 Å². The van der Waals surface area contributed by atoms with Gasteiger partial charge in [0.15, 0.2) is 12.2 Å². The number of carbonyl (C=O) groups excluding carboxylic acids is 4. The minimum absolute atomic E-state index is 0.114. The molecule has 0 spiro atoms. The molecule has 1 rings (SSSR count). The summed E-state index contributed by atoms with van der Waals surface area (Å²) < 4.78 is 15.9. The summed E-state index contributed by atoms with van der Waals surface area (Å²) in [4.78, 5) is 63.8. The molecule has 0 saturated heterocycles. The topological polar surface area (TPSA) is 186 Å². The number of ketones is 1. The van der Waals surface area contributed by atoms with E-state index in [4.69, 9.17) is 14.2 Å². The average molecular weight is 744 g/mol. The third kappa shape index (κ3) is 20.0. The molecule has 0 aromatic heterocycles. The highest BCUT2D eigenvalue weighted by atomic mass is 16.6. The molecular weight excluding hydrogens is 682 g/mol. The van der Waals surface area contributed by atoms with Crippen molar-refractivity contribution in [3.05, 3.63) is 42.0 Å². The Labute approximate surface area is 315 Å². The second kappa shape index (κ2) is 25.7. The highest BCUT2D eigenvalue weighted by Gasteiger charge is 2.47. The van der Waals surface area contributed by atoms with Crippen LogP contribution in [0.25, 0.3) is 0 Å². The third-order valence-corrected chi connectivity index (χ3v) is 8.33. The molecule has 1 amide bonds. The lowest BCUT2D eigenvalue weighted by molar-refractivity contribution is -0.170. The molecule has 0 radical (unpaired) electrons. The molecule has 0 unspecified atom stereocenters. The summed E-state index contributed by atoms with van der Waals surface area (Å²) in [6.45, 7) is 7.54. The van der Waals surface area contributed by atoms with Crippen molar-refractivity contribution in [1.82, 2.24) is 5.32 Å². The number of aliphatic hydroxyl groups excluding tert-OH is 1. The SMILES string of the molecule is CC#CCOc1ccc(C[C@H](NC(=O)[C@@H](/C=C/CCCCCCC(=O)CCCCCCC)[C@@](O)(CCO)C(=O)O)C(=O)OCC(=O)OC(C)(C)C)cc1. The lowest BCUT2D eigenvalue weighted by Gasteiger charge is -2.30. The van der Waals surface area contributed by atoms with Gasteiger partial charge in [-0.15, -0.1) is 5.92 Å². The number of esters is 2. The number of rotatable bonds is 27. The maximum atomic E-state index is 13.8. The van der Waals surface area contributed by atoms with E-state index >= 15 is 0 Å². The number of aliphatic hydroxyl groups is 2. The molecule has 53 heavy (non-hydrogen) atoms. The number of hydrogen-bond donors (Lipinski definition) is 4. The zero-order chi connectivity index (χ0) is 39.7.